The van der Waals surface area contributed by atoms with Crippen LogP contribution in [0.3, 0.4) is 0 Å². The summed E-state index contributed by atoms with van der Waals surface area (Å²) in [4.78, 5) is 12.4. The molecule has 0 radical (unpaired) electrons. The number of aromatic nitrogens is 2. The van der Waals surface area contributed by atoms with E-state index in [4.69, 9.17) is 13.9 Å². The molecule has 8 heteroatoms. The van der Waals surface area contributed by atoms with Crippen molar-refractivity contribution >= 4 is 12.1 Å². The minimum Gasteiger partial charge on any atom is -0.497 e. The highest BCUT2D eigenvalue weighted by Crippen LogP contribution is 2.30. The Morgan fingerprint density at radius 2 is 1.72 bits per heavy atom. The lowest BCUT2D eigenvalue weighted by atomic mass is 10.1. The van der Waals surface area contributed by atoms with E-state index in [1.807, 2.05) is 48.5 Å². The predicted molar refractivity (Wildman–Crippen MR) is 120 cm³/mol. The second-order valence-corrected chi connectivity index (χ2v) is 6.67. The largest absolute Gasteiger partial charge is 0.497 e. The van der Waals surface area contributed by atoms with E-state index in [0.29, 0.717) is 40.0 Å². The number of methoxy groups -OCH3 is 2. The number of hydrogen-bond donors (Lipinski definition) is 1. The van der Waals surface area contributed by atoms with Crippen molar-refractivity contribution in [2.75, 3.05) is 14.2 Å². The lowest BCUT2D eigenvalue weighted by Crippen LogP contribution is -2.17. The summed E-state index contributed by atoms with van der Waals surface area (Å²) in [7, 11) is 3.18. The number of nitrogens with one attached hydrogen (secondary N) is 1. The summed E-state index contributed by atoms with van der Waals surface area (Å²) < 4.78 is 16.3. The predicted octanol–water partition coefficient (Wildman–Crippen LogP) is 4.18. The van der Waals surface area contributed by atoms with E-state index < -0.39 is 0 Å². The van der Waals surface area contributed by atoms with Crippen LogP contribution >= 0.6 is 0 Å². The average molecular weight is 428 g/mol. The van der Waals surface area contributed by atoms with Crippen LogP contribution in [0.25, 0.3) is 22.9 Å². The molecule has 1 N–H and O–H groups in total. The monoisotopic (exact) mass is 428 g/mol. The van der Waals surface area contributed by atoms with E-state index in [9.17, 15) is 4.79 Å². The van der Waals surface area contributed by atoms with Gasteiger partial charge in [0.1, 0.15) is 11.5 Å². The number of hydrogen-bond acceptors (Lipinski definition) is 7. The summed E-state index contributed by atoms with van der Waals surface area (Å²) in [6.45, 7) is 0. The fraction of sp³-hybridized carbons (Fsp3) is 0.0833. The Labute approximate surface area is 184 Å². The maximum atomic E-state index is 12.4. The van der Waals surface area contributed by atoms with E-state index in [1.165, 1.54) is 0 Å². The molecule has 4 aromatic rings. The van der Waals surface area contributed by atoms with Gasteiger partial charge in [0, 0.05) is 11.1 Å². The smallest absolute Gasteiger partial charge is 0.271 e. The van der Waals surface area contributed by atoms with Gasteiger partial charge in [-0.3, -0.25) is 4.79 Å². The van der Waals surface area contributed by atoms with Gasteiger partial charge in [-0.05, 0) is 54.1 Å². The Morgan fingerprint density at radius 1 is 0.938 bits per heavy atom. The molecule has 0 spiro atoms. The van der Waals surface area contributed by atoms with Gasteiger partial charge >= 0.3 is 0 Å². The number of ether oxygens (including phenoxy) is 2. The molecule has 0 bridgehead atoms. The molecule has 32 heavy (non-hydrogen) atoms. The van der Waals surface area contributed by atoms with Crippen LogP contribution in [-0.2, 0) is 0 Å². The van der Waals surface area contributed by atoms with Crippen molar-refractivity contribution in [2.45, 2.75) is 0 Å². The Bertz CT molecular complexity index is 1250. The first-order valence-electron chi connectivity index (χ1n) is 9.72. The third kappa shape index (κ3) is 4.65. The van der Waals surface area contributed by atoms with Crippen molar-refractivity contribution < 1.29 is 18.7 Å². The summed E-state index contributed by atoms with van der Waals surface area (Å²) in [5, 5.41) is 12.2. The highest BCUT2D eigenvalue weighted by Gasteiger charge is 2.14. The van der Waals surface area contributed by atoms with Crippen molar-refractivity contribution in [3.8, 4) is 34.4 Å². The van der Waals surface area contributed by atoms with Crippen LogP contribution in [-0.4, -0.2) is 36.5 Å². The van der Waals surface area contributed by atoms with Crippen LogP contribution in [0, 0.1) is 0 Å². The summed E-state index contributed by atoms with van der Waals surface area (Å²) in [5.41, 5.74) is 5.16. The zero-order chi connectivity index (χ0) is 22.3. The third-order valence-corrected chi connectivity index (χ3v) is 4.63. The zero-order valence-corrected chi connectivity index (χ0v) is 17.5. The molecule has 4 rings (SSSR count). The number of amides is 1. The molecule has 3 aromatic carbocycles. The molecule has 8 nitrogen and oxygen atoms in total. The van der Waals surface area contributed by atoms with Crippen molar-refractivity contribution in [3.05, 3.63) is 83.9 Å². The van der Waals surface area contributed by atoms with Crippen molar-refractivity contribution in [2.24, 2.45) is 5.10 Å². The fourth-order valence-electron chi connectivity index (χ4n) is 2.99. The first-order valence-corrected chi connectivity index (χ1v) is 9.72. The normalized spacial score (nSPS) is 10.8. The molecule has 1 heterocycles. The fourth-order valence-corrected chi connectivity index (χ4v) is 2.99. The van der Waals surface area contributed by atoms with E-state index in [1.54, 1.807) is 44.7 Å². The van der Waals surface area contributed by atoms with E-state index in [2.05, 4.69) is 20.7 Å². The standard InChI is InChI=1S/C24H20N4O4/c1-30-19-7-5-6-16(14-19)15-25-26-22(29)17-10-12-18(13-11-17)23-27-28-24(32-23)20-8-3-4-9-21(20)31-2/h3-15H,1-2H3,(H,26,29)/b25-15+. The summed E-state index contributed by atoms with van der Waals surface area (Å²) in [6, 6.07) is 21.6. The molecule has 160 valence electrons. The van der Waals surface area contributed by atoms with Crippen LogP contribution in [0.5, 0.6) is 11.5 Å². The van der Waals surface area contributed by atoms with Gasteiger partial charge in [0.25, 0.3) is 11.8 Å². The number of para-hydroxylation sites is 1. The van der Waals surface area contributed by atoms with Gasteiger partial charge in [0.2, 0.25) is 5.89 Å². The molecular formula is C24H20N4O4. The molecule has 1 amide bonds. The van der Waals surface area contributed by atoms with Gasteiger partial charge < -0.3 is 13.9 Å². The molecule has 0 aliphatic carbocycles. The molecule has 0 aliphatic heterocycles. The molecule has 0 fully saturated rings. The molecule has 0 unspecified atom stereocenters. The van der Waals surface area contributed by atoms with Crippen LogP contribution in [0.1, 0.15) is 15.9 Å². The number of carbonyl (C=O) groups excluding carboxylic acids is 1. The van der Waals surface area contributed by atoms with Gasteiger partial charge in [0.15, 0.2) is 0 Å². The maximum Gasteiger partial charge on any atom is 0.271 e. The second kappa shape index (κ2) is 9.57. The molecule has 0 atom stereocenters. The number of benzene rings is 3. The van der Waals surface area contributed by atoms with Gasteiger partial charge in [-0.1, -0.05) is 24.3 Å². The SMILES string of the molecule is COc1cccc(/C=N/NC(=O)c2ccc(-c3nnc(-c4ccccc4OC)o3)cc2)c1. The molecular weight excluding hydrogens is 408 g/mol. The Balaban J connectivity index is 1.43. The maximum absolute atomic E-state index is 12.4. The third-order valence-electron chi connectivity index (χ3n) is 4.63. The Morgan fingerprint density at radius 3 is 2.50 bits per heavy atom. The van der Waals surface area contributed by atoms with Gasteiger partial charge in [0.05, 0.1) is 26.0 Å². The molecule has 0 saturated heterocycles. The minimum atomic E-state index is -0.337. The van der Waals surface area contributed by atoms with E-state index in [0.717, 1.165) is 5.56 Å². The van der Waals surface area contributed by atoms with Crippen LogP contribution in [0.4, 0.5) is 0 Å². The average Bonchev–Trinajstić information content (AvgIpc) is 3.34. The highest BCUT2D eigenvalue weighted by molar-refractivity contribution is 5.95. The van der Waals surface area contributed by atoms with Gasteiger partial charge in [-0.2, -0.15) is 5.10 Å². The minimum absolute atomic E-state index is 0.337. The lowest BCUT2D eigenvalue weighted by Gasteiger charge is -2.03. The van der Waals surface area contributed by atoms with E-state index in [-0.39, 0.29) is 5.91 Å². The van der Waals surface area contributed by atoms with Crippen molar-refractivity contribution in [1.29, 1.82) is 0 Å². The second-order valence-electron chi connectivity index (χ2n) is 6.67. The topological polar surface area (TPSA) is 98.8 Å². The van der Waals surface area contributed by atoms with E-state index >= 15 is 0 Å². The quantitative estimate of drug-likeness (QED) is 0.350. The number of hydrazone groups is 1. The van der Waals surface area contributed by atoms with Gasteiger partial charge in [-0.25, -0.2) is 5.43 Å². The molecule has 0 aliphatic rings. The number of rotatable bonds is 7. The number of carbonyl (C=O) groups is 1. The Hall–Kier alpha value is -4.46. The molecule has 1 aromatic heterocycles. The van der Waals surface area contributed by atoms with Crippen molar-refractivity contribution in [1.82, 2.24) is 15.6 Å². The first kappa shape index (κ1) is 20.8. The zero-order valence-electron chi connectivity index (χ0n) is 17.5. The molecule has 0 saturated carbocycles. The summed E-state index contributed by atoms with van der Waals surface area (Å²) >= 11 is 0. The van der Waals surface area contributed by atoms with Crippen molar-refractivity contribution in [3.63, 3.8) is 0 Å². The van der Waals surface area contributed by atoms with Crippen LogP contribution < -0.4 is 14.9 Å². The number of nitrogens with zero attached hydrogens (tertiary/aromatic N) is 3. The highest BCUT2D eigenvalue weighted by atomic mass is 16.5. The summed E-state index contributed by atoms with van der Waals surface area (Å²) in [6.07, 6.45) is 1.55. The van der Waals surface area contributed by atoms with Crippen LogP contribution in [0.2, 0.25) is 0 Å². The van der Waals surface area contributed by atoms with Crippen LogP contribution in [0.15, 0.2) is 82.3 Å². The summed E-state index contributed by atoms with van der Waals surface area (Å²) in [5.74, 6) is 1.71. The van der Waals surface area contributed by atoms with Gasteiger partial charge in [-0.15, -0.1) is 10.2 Å². The first-order chi connectivity index (χ1) is 15.7. The lowest BCUT2D eigenvalue weighted by molar-refractivity contribution is 0.0955. The Kier molecular flexibility index (Phi) is 6.22.